The number of aryl methyl sites for hydroxylation is 1. The van der Waals surface area contributed by atoms with E-state index >= 15 is 0 Å². The summed E-state index contributed by atoms with van der Waals surface area (Å²) in [4.78, 5) is 12.2. The molecule has 0 radical (unpaired) electrons. The minimum absolute atomic E-state index is 0.193. The van der Waals surface area contributed by atoms with Crippen LogP contribution < -0.4 is 10.1 Å². The zero-order valence-electron chi connectivity index (χ0n) is 10.7. The number of amides is 1. The molecule has 0 aromatic heterocycles. The first-order chi connectivity index (χ1) is 9.11. The summed E-state index contributed by atoms with van der Waals surface area (Å²) in [7, 11) is 1.55. The topological polar surface area (TPSA) is 38.3 Å². The van der Waals surface area contributed by atoms with Gasteiger partial charge in [0.25, 0.3) is 5.91 Å². The Morgan fingerprint density at radius 2 is 1.95 bits per heavy atom. The Morgan fingerprint density at radius 1 is 1.21 bits per heavy atom. The molecule has 1 N–H and O–H groups in total. The highest BCUT2D eigenvalue weighted by Gasteiger charge is 2.12. The molecule has 0 fully saturated rings. The zero-order chi connectivity index (χ0) is 13.8. The molecule has 2 aromatic rings. The Balaban J connectivity index is 2.26. The molecule has 0 atom stereocenters. The van der Waals surface area contributed by atoms with Gasteiger partial charge in [-0.05, 0) is 52.7 Å². The lowest BCUT2D eigenvalue weighted by Crippen LogP contribution is -2.13. The van der Waals surface area contributed by atoms with Crippen molar-refractivity contribution in [1.29, 1.82) is 0 Å². The number of hydrogen-bond donors (Lipinski definition) is 1. The number of carbonyl (C=O) groups is 1. The summed E-state index contributed by atoms with van der Waals surface area (Å²) in [6, 6.07) is 12.9. The average molecular weight is 320 g/mol. The summed E-state index contributed by atoms with van der Waals surface area (Å²) in [6.45, 7) is 2.00. The molecular formula is C15H14BrNO2. The van der Waals surface area contributed by atoms with Gasteiger partial charge in [-0.2, -0.15) is 0 Å². The lowest BCUT2D eigenvalue weighted by Gasteiger charge is -2.10. The van der Waals surface area contributed by atoms with Gasteiger partial charge in [0.1, 0.15) is 5.75 Å². The molecule has 2 rings (SSSR count). The van der Waals surface area contributed by atoms with E-state index in [0.29, 0.717) is 11.3 Å². The van der Waals surface area contributed by atoms with E-state index in [9.17, 15) is 4.79 Å². The number of anilines is 1. The first kappa shape index (κ1) is 13.6. The first-order valence-corrected chi connectivity index (χ1v) is 6.61. The number of carbonyl (C=O) groups excluding carboxylic acids is 1. The summed E-state index contributed by atoms with van der Waals surface area (Å²) in [5.41, 5.74) is 2.38. The van der Waals surface area contributed by atoms with Crippen molar-refractivity contribution in [2.24, 2.45) is 0 Å². The smallest absolute Gasteiger partial charge is 0.259 e. The van der Waals surface area contributed by atoms with E-state index in [1.54, 1.807) is 19.2 Å². The number of methoxy groups -OCH3 is 1. The predicted molar refractivity (Wildman–Crippen MR) is 79.8 cm³/mol. The van der Waals surface area contributed by atoms with Crippen LogP contribution in [0.1, 0.15) is 15.9 Å². The van der Waals surface area contributed by atoms with Crippen LogP contribution in [0.3, 0.4) is 0 Å². The molecule has 98 valence electrons. The van der Waals surface area contributed by atoms with Gasteiger partial charge >= 0.3 is 0 Å². The molecule has 0 heterocycles. The Bertz CT molecular complexity index is 611. The molecule has 0 unspecified atom stereocenters. The summed E-state index contributed by atoms with van der Waals surface area (Å²) in [5, 5.41) is 2.86. The van der Waals surface area contributed by atoms with Gasteiger partial charge in [-0.15, -0.1) is 0 Å². The second-order valence-corrected chi connectivity index (χ2v) is 4.99. The van der Waals surface area contributed by atoms with Gasteiger partial charge in [-0.3, -0.25) is 4.79 Å². The normalized spacial score (nSPS) is 10.1. The first-order valence-electron chi connectivity index (χ1n) is 5.82. The lowest BCUT2D eigenvalue weighted by molar-refractivity contribution is 0.102. The van der Waals surface area contributed by atoms with Crippen molar-refractivity contribution in [3.8, 4) is 5.75 Å². The van der Waals surface area contributed by atoms with Crippen LogP contribution in [0.2, 0.25) is 0 Å². The Labute approximate surface area is 120 Å². The maximum Gasteiger partial charge on any atom is 0.259 e. The minimum atomic E-state index is -0.193. The maximum atomic E-state index is 12.2. The van der Waals surface area contributed by atoms with E-state index in [1.807, 2.05) is 37.3 Å². The van der Waals surface area contributed by atoms with Gasteiger partial charge in [0.2, 0.25) is 0 Å². The van der Waals surface area contributed by atoms with Crippen LogP contribution in [-0.2, 0) is 0 Å². The summed E-state index contributed by atoms with van der Waals surface area (Å²) < 4.78 is 6.04. The van der Waals surface area contributed by atoms with E-state index in [0.717, 1.165) is 15.7 Å². The monoisotopic (exact) mass is 319 g/mol. The Kier molecular flexibility index (Phi) is 4.22. The van der Waals surface area contributed by atoms with Crippen LogP contribution in [0.4, 0.5) is 5.69 Å². The van der Waals surface area contributed by atoms with E-state index < -0.39 is 0 Å². The quantitative estimate of drug-likeness (QED) is 0.928. The van der Waals surface area contributed by atoms with Crippen molar-refractivity contribution < 1.29 is 9.53 Å². The molecule has 4 heteroatoms. The zero-order valence-corrected chi connectivity index (χ0v) is 12.3. The van der Waals surface area contributed by atoms with E-state index in [1.165, 1.54) is 0 Å². The lowest BCUT2D eigenvalue weighted by atomic mass is 10.1. The number of nitrogens with one attached hydrogen (secondary N) is 1. The molecule has 19 heavy (non-hydrogen) atoms. The van der Waals surface area contributed by atoms with E-state index in [4.69, 9.17) is 4.74 Å². The molecule has 0 aliphatic heterocycles. The third-order valence-electron chi connectivity index (χ3n) is 2.72. The van der Waals surface area contributed by atoms with Crippen molar-refractivity contribution in [3.63, 3.8) is 0 Å². The Hall–Kier alpha value is -1.81. The number of para-hydroxylation sites is 1. The van der Waals surface area contributed by atoms with E-state index in [-0.39, 0.29) is 5.91 Å². The SMILES string of the molecule is COc1ccccc1C(=O)Nc1ccc(C)cc1Br. The van der Waals surface area contributed by atoms with Crippen LogP contribution in [0, 0.1) is 6.92 Å². The average Bonchev–Trinajstić information content (AvgIpc) is 2.41. The van der Waals surface area contributed by atoms with Crippen molar-refractivity contribution >= 4 is 27.5 Å². The van der Waals surface area contributed by atoms with Crippen molar-refractivity contribution in [1.82, 2.24) is 0 Å². The molecule has 0 aliphatic carbocycles. The Morgan fingerprint density at radius 3 is 2.63 bits per heavy atom. The van der Waals surface area contributed by atoms with Gasteiger partial charge in [-0.1, -0.05) is 18.2 Å². The van der Waals surface area contributed by atoms with Gasteiger partial charge in [0, 0.05) is 4.47 Å². The molecule has 0 aliphatic rings. The number of rotatable bonds is 3. The number of ether oxygens (including phenoxy) is 1. The fourth-order valence-corrected chi connectivity index (χ4v) is 2.34. The minimum Gasteiger partial charge on any atom is -0.496 e. The van der Waals surface area contributed by atoms with Crippen LogP contribution in [0.25, 0.3) is 0 Å². The highest BCUT2D eigenvalue weighted by Crippen LogP contribution is 2.25. The van der Waals surface area contributed by atoms with Crippen LogP contribution >= 0.6 is 15.9 Å². The van der Waals surface area contributed by atoms with Gasteiger partial charge in [0.15, 0.2) is 0 Å². The van der Waals surface area contributed by atoms with Gasteiger partial charge in [0.05, 0.1) is 18.4 Å². The number of benzene rings is 2. The summed E-state index contributed by atoms with van der Waals surface area (Å²) >= 11 is 3.44. The van der Waals surface area contributed by atoms with Crippen LogP contribution in [0.15, 0.2) is 46.9 Å². The van der Waals surface area contributed by atoms with E-state index in [2.05, 4.69) is 21.2 Å². The standard InChI is InChI=1S/C15H14BrNO2/c1-10-7-8-13(12(16)9-10)17-15(18)11-5-3-4-6-14(11)19-2/h3-9H,1-2H3,(H,17,18). The van der Waals surface area contributed by atoms with Crippen LogP contribution in [-0.4, -0.2) is 13.0 Å². The molecule has 2 aromatic carbocycles. The molecule has 0 bridgehead atoms. The third-order valence-corrected chi connectivity index (χ3v) is 3.38. The van der Waals surface area contributed by atoms with Crippen LogP contribution in [0.5, 0.6) is 5.75 Å². The molecule has 3 nitrogen and oxygen atoms in total. The third kappa shape index (κ3) is 3.15. The highest BCUT2D eigenvalue weighted by atomic mass is 79.9. The molecule has 0 saturated heterocycles. The maximum absolute atomic E-state index is 12.2. The van der Waals surface area contributed by atoms with Gasteiger partial charge in [-0.25, -0.2) is 0 Å². The summed E-state index contributed by atoms with van der Waals surface area (Å²) in [5.74, 6) is 0.366. The highest BCUT2D eigenvalue weighted by molar-refractivity contribution is 9.10. The largest absolute Gasteiger partial charge is 0.496 e. The molecule has 0 saturated carbocycles. The second-order valence-electron chi connectivity index (χ2n) is 4.14. The fraction of sp³-hybridized carbons (Fsp3) is 0.133. The molecular weight excluding hydrogens is 306 g/mol. The van der Waals surface area contributed by atoms with Gasteiger partial charge < -0.3 is 10.1 Å². The summed E-state index contributed by atoms with van der Waals surface area (Å²) in [6.07, 6.45) is 0. The fourth-order valence-electron chi connectivity index (χ4n) is 1.74. The molecule has 0 spiro atoms. The molecule has 1 amide bonds. The van der Waals surface area contributed by atoms with Crippen molar-refractivity contribution in [2.45, 2.75) is 6.92 Å². The van der Waals surface area contributed by atoms with Crippen molar-refractivity contribution in [2.75, 3.05) is 12.4 Å². The van der Waals surface area contributed by atoms with Crippen molar-refractivity contribution in [3.05, 3.63) is 58.1 Å². The predicted octanol–water partition coefficient (Wildman–Crippen LogP) is 4.02. The second kappa shape index (κ2) is 5.89. The number of halogens is 1. The number of hydrogen-bond acceptors (Lipinski definition) is 2.